The molecule has 5 heteroatoms. The molecule has 0 radical (unpaired) electrons. The van der Waals surface area contributed by atoms with Crippen molar-refractivity contribution in [1.29, 1.82) is 0 Å². The molecule has 1 aliphatic heterocycles. The van der Waals surface area contributed by atoms with Crippen LogP contribution in [0.5, 0.6) is 0 Å². The molecule has 0 amide bonds. The van der Waals surface area contributed by atoms with Gasteiger partial charge in [0, 0.05) is 38.5 Å². The van der Waals surface area contributed by atoms with Crippen LogP contribution in [0.1, 0.15) is 0 Å². The number of thioether (sulfide) groups is 1. The molecule has 2 rings (SSSR count). The van der Waals surface area contributed by atoms with E-state index in [0.29, 0.717) is 0 Å². The Hall–Kier alpha value is -0.610. The Morgan fingerprint density at radius 2 is 2.14 bits per heavy atom. The first-order valence-corrected chi connectivity index (χ1v) is 5.22. The first-order valence-electron chi connectivity index (χ1n) is 4.23. The molecule has 0 spiro atoms. The Morgan fingerprint density at radius 3 is 2.79 bits per heavy atom. The van der Waals surface area contributed by atoms with Gasteiger partial charge in [-0.1, -0.05) is 0 Å². The normalized spacial score (nSPS) is 13.3. The van der Waals surface area contributed by atoms with Crippen molar-refractivity contribution in [2.75, 3.05) is 24.7 Å². The highest BCUT2D eigenvalue weighted by Crippen LogP contribution is 2.28. The van der Waals surface area contributed by atoms with Crippen molar-refractivity contribution in [2.24, 2.45) is 0 Å². The number of pyridine rings is 1. The maximum absolute atomic E-state index is 11.3. The second-order valence-corrected chi connectivity index (χ2v) is 4.40. The predicted molar refractivity (Wildman–Crippen MR) is 63.0 cm³/mol. The van der Waals surface area contributed by atoms with E-state index in [4.69, 9.17) is 0 Å². The lowest BCUT2D eigenvalue weighted by Gasteiger charge is -2.17. The number of fused-ring (bicyclic) bond motifs is 1. The third-order valence-corrected chi connectivity index (χ3v) is 3.12. The van der Waals surface area contributed by atoms with Crippen LogP contribution in [-0.4, -0.2) is 24.4 Å². The van der Waals surface area contributed by atoms with E-state index < -0.39 is 0 Å². The molecule has 78 valence electrons. The maximum Gasteiger partial charge on any atom is 0.184 e. The molecule has 3 nitrogen and oxygen atoms in total. The molecular formula is C9H13ClN2OS. The van der Waals surface area contributed by atoms with E-state index in [0.717, 1.165) is 23.1 Å². The summed E-state index contributed by atoms with van der Waals surface area (Å²) in [4.78, 5) is 13.3. The van der Waals surface area contributed by atoms with Gasteiger partial charge in [-0.05, 0) is 0 Å². The minimum absolute atomic E-state index is 0. The zero-order valence-electron chi connectivity index (χ0n) is 8.19. The number of anilines is 1. The van der Waals surface area contributed by atoms with Gasteiger partial charge in [-0.15, -0.1) is 24.2 Å². The quantitative estimate of drug-likeness (QED) is 0.733. The van der Waals surface area contributed by atoms with Crippen LogP contribution in [0.4, 0.5) is 5.82 Å². The van der Waals surface area contributed by atoms with Gasteiger partial charge in [-0.2, -0.15) is 0 Å². The van der Waals surface area contributed by atoms with Gasteiger partial charge in [0.15, 0.2) is 5.43 Å². The van der Waals surface area contributed by atoms with E-state index in [9.17, 15) is 4.79 Å². The number of rotatable bonds is 1. The number of halogens is 1. The summed E-state index contributed by atoms with van der Waals surface area (Å²) >= 11 is 1.75. The Balaban J connectivity index is 0.000000980. The number of aromatic nitrogens is 1. The molecule has 2 heterocycles. The van der Waals surface area contributed by atoms with Crippen LogP contribution in [0.3, 0.4) is 0 Å². The molecule has 1 aromatic heterocycles. The first kappa shape index (κ1) is 11.5. The summed E-state index contributed by atoms with van der Waals surface area (Å²) in [6.07, 6.45) is 0. The monoisotopic (exact) mass is 232 g/mol. The van der Waals surface area contributed by atoms with Crippen molar-refractivity contribution >= 4 is 30.0 Å². The highest BCUT2D eigenvalue weighted by Gasteiger charge is 2.14. The van der Waals surface area contributed by atoms with E-state index in [1.54, 1.807) is 23.9 Å². The molecule has 14 heavy (non-hydrogen) atoms. The average molecular weight is 233 g/mol. The third-order valence-electron chi connectivity index (χ3n) is 2.10. The van der Waals surface area contributed by atoms with Crippen LogP contribution in [0.2, 0.25) is 0 Å². The lowest BCUT2D eigenvalue weighted by molar-refractivity contribution is 0.709. The molecule has 0 N–H and O–H groups in total. The van der Waals surface area contributed by atoms with Gasteiger partial charge in [0.2, 0.25) is 0 Å². The molecule has 0 saturated carbocycles. The Morgan fingerprint density at radius 1 is 1.43 bits per heavy atom. The molecule has 0 fully saturated rings. The van der Waals surface area contributed by atoms with Crippen molar-refractivity contribution in [3.8, 4) is 0 Å². The number of hydrogen-bond donors (Lipinski definition) is 0. The molecule has 0 saturated heterocycles. The van der Waals surface area contributed by atoms with Gasteiger partial charge < -0.3 is 9.47 Å². The lowest BCUT2D eigenvalue weighted by atomic mass is 10.4. The molecular weight excluding hydrogens is 220 g/mol. The highest BCUT2D eigenvalue weighted by atomic mass is 35.5. The van der Waals surface area contributed by atoms with Crippen molar-refractivity contribution in [1.82, 2.24) is 4.57 Å². The maximum atomic E-state index is 11.3. The summed E-state index contributed by atoms with van der Waals surface area (Å²) in [6, 6.07) is 3.40. The van der Waals surface area contributed by atoms with Crippen LogP contribution in [0.15, 0.2) is 22.0 Å². The SMILES string of the molecule is CN(C)c1cc(=O)cc2n1CCS2.Cl. The Bertz CT molecular complexity index is 389. The van der Waals surface area contributed by atoms with E-state index in [1.807, 2.05) is 19.0 Å². The van der Waals surface area contributed by atoms with E-state index >= 15 is 0 Å². The molecule has 1 aliphatic rings. The van der Waals surface area contributed by atoms with Gasteiger partial charge in [0.05, 0.1) is 5.03 Å². The largest absolute Gasteiger partial charge is 0.364 e. The molecule has 0 aliphatic carbocycles. The van der Waals surface area contributed by atoms with Crippen molar-refractivity contribution in [3.63, 3.8) is 0 Å². The fraction of sp³-hybridized carbons (Fsp3) is 0.444. The Labute approximate surface area is 93.5 Å². The van der Waals surface area contributed by atoms with Crippen LogP contribution in [0, 0.1) is 0 Å². The van der Waals surface area contributed by atoms with Crippen molar-refractivity contribution < 1.29 is 0 Å². The Kier molecular flexibility index (Phi) is 3.50. The highest BCUT2D eigenvalue weighted by molar-refractivity contribution is 7.99. The summed E-state index contributed by atoms with van der Waals surface area (Å²) in [5.74, 6) is 2.08. The van der Waals surface area contributed by atoms with Crippen molar-refractivity contribution in [2.45, 2.75) is 11.6 Å². The third kappa shape index (κ3) is 1.91. The smallest absolute Gasteiger partial charge is 0.184 e. The van der Waals surface area contributed by atoms with Crippen LogP contribution in [-0.2, 0) is 6.54 Å². The van der Waals surface area contributed by atoms with E-state index in [1.165, 1.54) is 0 Å². The minimum Gasteiger partial charge on any atom is -0.364 e. The van der Waals surface area contributed by atoms with E-state index in [2.05, 4.69) is 4.57 Å². The second-order valence-electron chi connectivity index (χ2n) is 3.28. The summed E-state index contributed by atoms with van der Waals surface area (Å²) in [5.41, 5.74) is 0.101. The van der Waals surface area contributed by atoms with Gasteiger partial charge in [0.25, 0.3) is 0 Å². The van der Waals surface area contributed by atoms with Crippen LogP contribution >= 0.6 is 24.2 Å². The lowest BCUT2D eigenvalue weighted by Crippen LogP contribution is -2.19. The predicted octanol–water partition coefficient (Wildman–Crippen LogP) is 1.44. The van der Waals surface area contributed by atoms with Crippen LogP contribution < -0.4 is 10.3 Å². The van der Waals surface area contributed by atoms with Crippen molar-refractivity contribution in [3.05, 3.63) is 22.4 Å². The number of nitrogens with zero attached hydrogens (tertiary/aromatic N) is 2. The first-order chi connectivity index (χ1) is 6.18. The summed E-state index contributed by atoms with van der Waals surface area (Å²) in [6.45, 7) is 1.01. The topological polar surface area (TPSA) is 25.2 Å². The standard InChI is InChI=1S/C9H12N2OS.ClH/c1-10(2)8-5-7(12)6-9-11(8)3-4-13-9;/h5-6H,3-4H2,1-2H3;1H. The van der Waals surface area contributed by atoms with Gasteiger partial charge in [0.1, 0.15) is 5.82 Å². The average Bonchev–Trinajstić information content (AvgIpc) is 2.49. The molecule has 1 aromatic rings. The van der Waals surface area contributed by atoms with E-state index in [-0.39, 0.29) is 17.8 Å². The van der Waals surface area contributed by atoms with Crippen LogP contribution in [0.25, 0.3) is 0 Å². The molecule has 0 aromatic carbocycles. The fourth-order valence-corrected chi connectivity index (χ4v) is 2.54. The molecule has 0 atom stereocenters. The minimum atomic E-state index is 0. The van der Waals surface area contributed by atoms with Gasteiger partial charge >= 0.3 is 0 Å². The summed E-state index contributed by atoms with van der Waals surface area (Å²) < 4.78 is 2.19. The summed E-state index contributed by atoms with van der Waals surface area (Å²) in [7, 11) is 3.93. The van der Waals surface area contributed by atoms with Gasteiger partial charge in [-0.25, -0.2) is 0 Å². The molecule has 0 bridgehead atoms. The summed E-state index contributed by atoms with van der Waals surface area (Å²) in [5, 5.41) is 1.09. The zero-order valence-corrected chi connectivity index (χ0v) is 9.82. The molecule has 0 unspecified atom stereocenters. The fourth-order valence-electron chi connectivity index (χ4n) is 1.52. The van der Waals surface area contributed by atoms with Gasteiger partial charge in [-0.3, -0.25) is 4.79 Å². The zero-order chi connectivity index (χ0) is 9.42. The number of hydrogen-bond acceptors (Lipinski definition) is 3. The second kappa shape index (κ2) is 4.28.